The van der Waals surface area contributed by atoms with Gasteiger partial charge in [-0.1, -0.05) is 30.3 Å². The summed E-state index contributed by atoms with van der Waals surface area (Å²) in [4.78, 5) is 17.7. The highest BCUT2D eigenvalue weighted by Gasteiger charge is 2.43. The largest absolute Gasteiger partial charge is 0.405 e. The molecule has 5 aromatic rings. The molecule has 0 aliphatic rings. The third-order valence-corrected chi connectivity index (χ3v) is 6.64. The molecule has 0 saturated heterocycles. The number of nitrogens with zero attached hydrogens (tertiary/aromatic N) is 5. The first-order chi connectivity index (χ1) is 17.2. The SMILES string of the molecule is Cn1cc(-c2cnc3c(-c4csc(C(=O)N[C@@H](c5ccccc5)C(N)C(F)(F)F)c4)cnn3c2)cn1. The van der Waals surface area contributed by atoms with Gasteiger partial charge in [-0.15, -0.1) is 11.3 Å². The maximum atomic E-state index is 13.4. The molecule has 4 aromatic heterocycles. The number of rotatable bonds is 6. The zero-order chi connectivity index (χ0) is 25.4. The van der Waals surface area contributed by atoms with Gasteiger partial charge in [0.15, 0.2) is 5.65 Å². The Hall–Kier alpha value is -4.03. The highest BCUT2D eigenvalue weighted by Crippen LogP contribution is 2.32. The fraction of sp³-hybridized carbons (Fsp3) is 0.167. The predicted octanol–water partition coefficient (Wildman–Crippen LogP) is 4.22. The van der Waals surface area contributed by atoms with Crippen LogP contribution in [0.3, 0.4) is 0 Å². The zero-order valence-electron chi connectivity index (χ0n) is 18.8. The van der Waals surface area contributed by atoms with Gasteiger partial charge in [-0.3, -0.25) is 9.48 Å². The number of thiophene rings is 1. The summed E-state index contributed by atoms with van der Waals surface area (Å²) in [5.74, 6) is -0.650. The Bertz CT molecular complexity index is 1520. The lowest BCUT2D eigenvalue weighted by atomic mass is 9.99. The molecule has 0 fully saturated rings. The minimum absolute atomic E-state index is 0.242. The number of halogens is 3. The molecule has 0 saturated carbocycles. The Labute approximate surface area is 207 Å². The van der Waals surface area contributed by atoms with Gasteiger partial charge in [0.25, 0.3) is 5.91 Å². The lowest BCUT2D eigenvalue weighted by molar-refractivity contribution is -0.153. The first kappa shape index (κ1) is 23.7. The van der Waals surface area contributed by atoms with Crippen molar-refractivity contribution in [2.75, 3.05) is 0 Å². The molecule has 0 spiro atoms. The van der Waals surface area contributed by atoms with Crippen molar-refractivity contribution >= 4 is 22.9 Å². The lowest BCUT2D eigenvalue weighted by Crippen LogP contribution is -2.49. The van der Waals surface area contributed by atoms with Gasteiger partial charge in [0.2, 0.25) is 0 Å². The molecule has 0 aliphatic carbocycles. The van der Waals surface area contributed by atoms with Crippen molar-refractivity contribution in [3.8, 4) is 22.3 Å². The van der Waals surface area contributed by atoms with E-state index in [4.69, 9.17) is 5.73 Å². The summed E-state index contributed by atoms with van der Waals surface area (Å²) in [6.07, 6.45) is 4.07. The number of nitrogens with one attached hydrogen (secondary N) is 1. The van der Waals surface area contributed by atoms with Gasteiger partial charge in [0.1, 0.15) is 6.04 Å². The maximum absolute atomic E-state index is 13.4. The highest BCUT2D eigenvalue weighted by molar-refractivity contribution is 7.12. The Morgan fingerprint density at radius 1 is 1.06 bits per heavy atom. The fourth-order valence-corrected chi connectivity index (χ4v) is 4.65. The van der Waals surface area contributed by atoms with Crippen molar-refractivity contribution < 1.29 is 18.0 Å². The van der Waals surface area contributed by atoms with Crippen LogP contribution in [0.15, 0.2) is 72.8 Å². The number of alkyl halides is 3. The van der Waals surface area contributed by atoms with Crippen molar-refractivity contribution in [3.05, 3.63) is 83.2 Å². The summed E-state index contributed by atoms with van der Waals surface area (Å²) < 4.78 is 43.6. The monoisotopic (exact) mass is 511 g/mol. The lowest BCUT2D eigenvalue weighted by Gasteiger charge is -2.27. The van der Waals surface area contributed by atoms with E-state index in [9.17, 15) is 18.0 Å². The quantitative estimate of drug-likeness (QED) is 0.355. The predicted molar refractivity (Wildman–Crippen MR) is 129 cm³/mol. The first-order valence-electron chi connectivity index (χ1n) is 10.8. The van der Waals surface area contributed by atoms with Crippen molar-refractivity contribution in [2.45, 2.75) is 18.3 Å². The van der Waals surface area contributed by atoms with Crippen LogP contribution in [-0.4, -0.2) is 42.5 Å². The van der Waals surface area contributed by atoms with Crippen LogP contribution in [0, 0.1) is 0 Å². The zero-order valence-corrected chi connectivity index (χ0v) is 19.7. The van der Waals surface area contributed by atoms with Gasteiger partial charge >= 0.3 is 6.18 Å². The molecule has 1 amide bonds. The van der Waals surface area contributed by atoms with E-state index in [0.717, 1.165) is 22.5 Å². The number of carbonyl (C=O) groups is 1. The van der Waals surface area contributed by atoms with Crippen molar-refractivity contribution in [1.82, 2.24) is 29.7 Å². The summed E-state index contributed by atoms with van der Waals surface area (Å²) in [6.45, 7) is 0. The number of amides is 1. The summed E-state index contributed by atoms with van der Waals surface area (Å²) in [5, 5.41) is 12.7. The molecule has 3 N–H and O–H groups in total. The Balaban J connectivity index is 1.40. The van der Waals surface area contributed by atoms with E-state index in [0.29, 0.717) is 16.8 Å². The summed E-state index contributed by atoms with van der Waals surface area (Å²) in [5.41, 5.74) is 9.43. The van der Waals surface area contributed by atoms with E-state index < -0.39 is 24.2 Å². The molecular formula is C24H20F3N7OS. The van der Waals surface area contributed by atoms with Crippen LogP contribution in [0.5, 0.6) is 0 Å². The second kappa shape index (κ2) is 9.21. The van der Waals surface area contributed by atoms with Crippen LogP contribution in [0.25, 0.3) is 27.9 Å². The van der Waals surface area contributed by atoms with E-state index in [1.807, 2.05) is 19.4 Å². The molecule has 2 atom stereocenters. The molecule has 36 heavy (non-hydrogen) atoms. The molecule has 4 heterocycles. The average Bonchev–Trinajstić information content (AvgIpc) is 3.61. The molecule has 0 bridgehead atoms. The smallest absolute Gasteiger partial charge is 0.343 e. The average molecular weight is 512 g/mol. The minimum Gasteiger partial charge on any atom is -0.343 e. The van der Waals surface area contributed by atoms with Crippen LogP contribution in [0.2, 0.25) is 0 Å². The third kappa shape index (κ3) is 4.60. The highest BCUT2D eigenvalue weighted by atomic mass is 32.1. The first-order valence-corrected chi connectivity index (χ1v) is 11.7. The molecular weight excluding hydrogens is 491 g/mol. The second-order valence-corrected chi connectivity index (χ2v) is 9.11. The van der Waals surface area contributed by atoms with Crippen LogP contribution in [0.4, 0.5) is 13.2 Å². The fourth-order valence-electron chi connectivity index (χ4n) is 3.84. The minimum atomic E-state index is -4.69. The number of nitrogens with two attached hydrogens (primary N) is 1. The Kier molecular flexibility index (Phi) is 6.06. The van der Waals surface area contributed by atoms with Gasteiger partial charge < -0.3 is 11.1 Å². The summed E-state index contributed by atoms with van der Waals surface area (Å²) >= 11 is 1.11. The molecule has 12 heteroatoms. The topological polar surface area (TPSA) is 103 Å². The second-order valence-electron chi connectivity index (χ2n) is 8.20. The maximum Gasteiger partial charge on any atom is 0.405 e. The van der Waals surface area contributed by atoms with E-state index >= 15 is 0 Å². The number of hydrogen-bond donors (Lipinski definition) is 2. The number of carbonyl (C=O) groups excluding carboxylic acids is 1. The number of benzene rings is 1. The number of aryl methyl sites for hydroxylation is 1. The normalized spacial score (nSPS) is 13.6. The van der Waals surface area contributed by atoms with Gasteiger partial charge in [-0.05, 0) is 22.6 Å². The number of aromatic nitrogens is 5. The van der Waals surface area contributed by atoms with Gasteiger partial charge in [0.05, 0.1) is 23.3 Å². The Morgan fingerprint density at radius 3 is 2.50 bits per heavy atom. The standard InChI is InChI=1S/C24H20F3N7OS/c1-33-11-17(9-30-33)16-8-29-22-18(10-31-34(22)12-16)15-7-19(36-13-15)23(35)32-20(21(28)24(25,26)27)14-5-3-2-4-6-14/h2-13,20-21H,28H2,1H3,(H,32,35)/t20-,21?/m0/s1. The summed E-state index contributed by atoms with van der Waals surface area (Å²) in [6, 6.07) is 5.78. The van der Waals surface area contributed by atoms with Crippen molar-refractivity contribution in [2.24, 2.45) is 12.8 Å². The van der Waals surface area contributed by atoms with Crippen LogP contribution in [0.1, 0.15) is 21.3 Å². The molecule has 5 rings (SSSR count). The summed E-state index contributed by atoms with van der Waals surface area (Å²) in [7, 11) is 1.82. The van der Waals surface area contributed by atoms with Crippen LogP contribution >= 0.6 is 11.3 Å². The van der Waals surface area contributed by atoms with Gasteiger partial charge in [-0.2, -0.15) is 23.4 Å². The number of fused-ring (bicyclic) bond motifs is 1. The van der Waals surface area contributed by atoms with Crippen LogP contribution < -0.4 is 11.1 Å². The van der Waals surface area contributed by atoms with Crippen molar-refractivity contribution in [1.29, 1.82) is 0 Å². The molecule has 1 aromatic carbocycles. The van der Waals surface area contributed by atoms with Crippen LogP contribution in [-0.2, 0) is 7.05 Å². The number of hydrogen-bond acceptors (Lipinski definition) is 6. The van der Waals surface area contributed by atoms with Gasteiger partial charge in [0, 0.05) is 42.3 Å². The molecule has 1 unspecified atom stereocenters. The molecule has 8 nitrogen and oxygen atoms in total. The van der Waals surface area contributed by atoms with Gasteiger partial charge in [-0.25, -0.2) is 9.50 Å². The van der Waals surface area contributed by atoms with E-state index in [1.165, 1.54) is 12.1 Å². The molecule has 0 aliphatic heterocycles. The molecule has 0 radical (unpaired) electrons. The molecule has 184 valence electrons. The van der Waals surface area contributed by atoms with E-state index in [-0.39, 0.29) is 10.4 Å². The third-order valence-electron chi connectivity index (χ3n) is 5.71. The van der Waals surface area contributed by atoms with E-state index in [2.05, 4.69) is 20.5 Å². The Morgan fingerprint density at radius 2 is 1.81 bits per heavy atom. The van der Waals surface area contributed by atoms with Crippen molar-refractivity contribution in [3.63, 3.8) is 0 Å². The van der Waals surface area contributed by atoms with E-state index in [1.54, 1.807) is 57.4 Å².